The fraction of sp³-hybridized carbons (Fsp3) is 0.647. The van der Waals surface area contributed by atoms with Gasteiger partial charge in [-0.25, -0.2) is 0 Å². The highest BCUT2D eigenvalue weighted by Crippen LogP contribution is 2.19. The fourth-order valence-electron chi connectivity index (χ4n) is 2.90. The Morgan fingerprint density at radius 1 is 1.35 bits per heavy atom. The molecule has 1 aromatic rings. The highest BCUT2D eigenvalue weighted by molar-refractivity contribution is 7.09. The van der Waals surface area contributed by atoms with Crippen LogP contribution < -0.4 is 10.6 Å². The van der Waals surface area contributed by atoms with Crippen LogP contribution >= 0.6 is 11.3 Å². The van der Waals surface area contributed by atoms with E-state index >= 15 is 0 Å². The van der Waals surface area contributed by atoms with Gasteiger partial charge in [-0.1, -0.05) is 13.0 Å². The van der Waals surface area contributed by atoms with E-state index in [4.69, 9.17) is 0 Å². The summed E-state index contributed by atoms with van der Waals surface area (Å²) in [6, 6.07) is 4.27. The third-order valence-corrected chi connectivity index (χ3v) is 4.93. The predicted molar refractivity (Wildman–Crippen MR) is 93.2 cm³/mol. The van der Waals surface area contributed by atoms with Crippen molar-refractivity contribution in [1.82, 2.24) is 15.5 Å². The van der Waals surface area contributed by atoms with Crippen LogP contribution in [0.4, 0.5) is 0 Å². The zero-order valence-corrected chi connectivity index (χ0v) is 14.7. The van der Waals surface area contributed by atoms with E-state index in [0.29, 0.717) is 18.9 Å². The van der Waals surface area contributed by atoms with E-state index in [0.717, 1.165) is 32.5 Å². The second kappa shape index (κ2) is 9.67. The quantitative estimate of drug-likeness (QED) is 0.763. The molecule has 1 aliphatic heterocycles. The van der Waals surface area contributed by atoms with Gasteiger partial charge in [-0.05, 0) is 43.2 Å². The molecule has 1 saturated heterocycles. The van der Waals surface area contributed by atoms with E-state index in [1.807, 2.05) is 6.92 Å². The second-order valence-electron chi connectivity index (χ2n) is 6.15. The number of nitrogens with one attached hydrogen (secondary N) is 2. The maximum atomic E-state index is 11.8. The highest BCUT2D eigenvalue weighted by Gasteiger charge is 2.20. The first-order valence-corrected chi connectivity index (χ1v) is 9.33. The molecule has 1 aromatic heterocycles. The SMILES string of the molecule is CCCC(=O)NCC(=O)NC[C@@H]1CCCN(Cc2cccs2)C1. The summed E-state index contributed by atoms with van der Waals surface area (Å²) in [5.74, 6) is 0.353. The Morgan fingerprint density at radius 3 is 2.96 bits per heavy atom. The molecule has 0 saturated carbocycles. The molecule has 2 heterocycles. The van der Waals surface area contributed by atoms with Gasteiger partial charge in [0.15, 0.2) is 0 Å². The molecule has 1 fully saturated rings. The van der Waals surface area contributed by atoms with Crippen LogP contribution in [-0.4, -0.2) is 42.9 Å². The molecule has 23 heavy (non-hydrogen) atoms. The molecule has 1 atom stereocenters. The number of carbonyl (C=O) groups excluding carboxylic acids is 2. The van der Waals surface area contributed by atoms with Gasteiger partial charge < -0.3 is 10.6 Å². The Kier molecular flexibility index (Phi) is 7.55. The standard InChI is InChI=1S/C17H27N3O2S/c1-2-5-16(21)19-11-17(22)18-10-14-6-3-8-20(12-14)13-15-7-4-9-23-15/h4,7,9,14H,2-3,5-6,8,10-13H2,1H3,(H,18,22)(H,19,21)/t14-/m0/s1. The van der Waals surface area contributed by atoms with Gasteiger partial charge >= 0.3 is 0 Å². The highest BCUT2D eigenvalue weighted by atomic mass is 32.1. The number of rotatable bonds is 8. The van der Waals surface area contributed by atoms with E-state index in [9.17, 15) is 9.59 Å². The monoisotopic (exact) mass is 337 g/mol. The van der Waals surface area contributed by atoms with Crippen molar-refractivity contribution in [2.45, 2.75) is 39.2 Å². The van der Waals surface area contributed by atoms with E-state index < -0.39 is 0 Å². The average Bonchev–Trinajstić information content (AvgIpc) is 3.04. The van der Waals surface area contributed by atoms with Crippen LogP contribution in [-0.2, 0) is 16.1 Å². The Morgan fingerprint density at radius 2 is 2.22 bits per heavy atom. The van der Waals surface area contributed by atoms with Crippen molar-refractivity contribution in [3.05, 3.63) is 22.4 Å². The largest absolute Gasteiger partial charge is 0.354 e. The van der Waals surface area contributed by atoms with Gasteiger partial charge in [-0.3, -0.25) is 14.5 Å². The van der Waals surface area contributed by atoms with Crippen molar-refractivity contribution in [3.8, 4) is 0 Å². The van der Waals surface area contributed by atoms with Gasteiger partial charge in [0, 0.05) is 30.9 Å². The van der Waals surface area contributed by atoms with Crippen molar-refractivity contribution < 1.29 is 9.59 Å². The van der Waals surface area contributed by atoms with Crippen molar-refractivity contribution in [2.24, 2.45) is 5.92 Å². The second-order valence-corrected chi connectivity index (χ2v) is 7.19. The maximum Gasteiger partial charge on any atom is 0.239 e. The lowest BCUT2D eigenvalue weighted by Crippen LogP contribution is -2.43. The van der Waals surface area contributed by atoms with Gasteiger partial charge in [-0.15, -0.1) is 11.3 Å². The molecule has 0 bridgehead atoms. The molecule has 0 spiro atoms. The third-order valence-electron chi connectivity index (χ3n) is 4.07. The van der Waals surface area contributed by atoms with Crippen LogP contribution in [0, 0.1) is 5.92 Å². The summed E-state index contributed by atoms with van der Waals surface area (Å²) in [4.78, 5) is 27.0. The van der Waals surface area contributed by atoms with Crippen LogP contribution in [0.3, 0.4) is 0 Å². The Balaban J connectivity index is 1.64. The van der Waals surface area contributed by atoms with Gasteiger partial charge in [0.2, 0.25) is 11.8 Å². The number of likely N-dealkylation sites (tertiary alicyclic amines) is 1. The number of amides is 2. The van der Waals surface area contributed by atoms with Crippen molar-refractivity contribution >= 4 is 23.2 Å². The summed E-state index contributed by atoms with van der Waals surface area (Å²) in [6.07, 6.45) is 3.62. The zero-order chi connectivity index (χ0) is 16.5. The summed E-state index contributed by atoms with van der Waals surface area (Å²) in [5, 5.41) is 7.72. The van der Waals surface area contributed by atoms with Crippen LogP contribution in [0.5, 0.6) is 0 Å². The molecule has 0 radical (unpaired) electrons. The molecular weight excluding hydrogens is 310 g/mol. The van der Waals surface area contributed by atoms with E-state index in [1.54, 1.807) is 11.3 Å². The van der Waals surface area contributed by atoms with Crippen LogP contribution in [0.1, 0.15) is 37.5 Å². The molecule has 0 aromatic carbocycles. The normalized spacial score (nSPS) is 18.6. The number of hydrogen-bond donors (Lipinski definition) is 2. The zero-order valence-electron chi connectivity index (χ0n) is 13.8. The molecule has 0 aliphatic carbocycles. The number of piperidine rings is 1. The Labute approximate surface area is 142 Å². The minimum absolute atomic E-state index is 0.0533. The van der Waals surface area contributed by atoms with E-state index in [-0.39, 0.29) is 18.4 Å². The lowest BCUT2D eigenvalue weighted by atomic mass is 9.98. The molecule has 5 nitrogen and oxygen atoms in total. The van der Waals surface area contributed by atoms with Gasteiger partial charge in [0.25, 0.3) is 0 Å². The smallest absolute Gasteiger partial charge is 0.239 e. The van der Waals surface area contributed by atoms with Crippen LogP contribution in [0.25, 0.3) is 0 Å². The van der Waals surface area contributed by atoms with Crippen LogP contribution in [0.2, 0.25) is 0 Å². The summed E-state index contributed by atoms with van der Waals surface area (Å²) in [5.41, 5.74) is 0. The molecule has 128 valence electrons. The average molecular weight is 337 g/mol. The lowest BCUT2D eigenvalue weighted by molar-refractivity contribution is -0.126. The maximum absolute atomic E-state index is 11.8. The molecule has 2 rings (SSSR count). The molecular formula is C17H27N3O2S. The molecule has 2 amide bonds. The molecule has 2 N–H and O–H groups in total. The third kappa shape index (κ3) is 6.71. The predicted octanol–water partition coefficient (Wildman–Crippen LogP) is 1.99. The minimum atomic E-state index is -0.0927. The summed E-state index contributed by atoms with van der Waals surface area (Å²) >= 11 is 1.80. The lowest BCUT2D eigenvalue weighted by Gasteiger charge is -2.32. The topological polar surface area (TPSA) is 61.4 Å². The van der Waals surface area contributed by atoms with Gasteiger partial charge in [0.05, 0.1) is 6.54 Å². The van der Waals surface area contributed by atoms with Crippen molar-refractivity contribution in [3.63, 3.8) is 0 Å². The van der Waals surface area contributed by atoms with Gasteiger partial charge in [0.1, 0.15) is 0 Å². The first-order chi connectivity index (χ1) is 11.2. The van der Waals surface area contributed by atoms with Gasteiger partial charge in [-0.2, -0.15) is 0 Å². The molecule has 0 unspecified atom stereocenters. The number of thiophene rings is 1. The van der Waals surface area contributed by atoms with E-state index in [2.05, 4.69) is 33.0 Å². The first-order valence-electron chi connectivity index (χ1n) is 8.45. The molecule has 1 aliphatic rings. The van der Waals surface area contributed by atoms with Crippen LogP contribution in [0.15, 0.2) is 17.5 Å². The summed E-state index contributed by atoms with van der Waals surface area (Å²) < 4.78 is 0. The Bertz CT molecular complexity index is 490. The summed E-state index contributed by atoms with van der Waals surface area (Å²) in [7, 11) is 0. The Hall–Kier alpha value is -1.40. The molecule has 6 heteroatoms. The van der Waals surface area contributed by atoms with Crippen molar-refractivity contribution in [2.75, 3.05) is 26.2 Å². The number of hydrogen-bond acceptors (Lipinski definition) is 4. The minimum Gasteiger partial charge on any atom is -0.354 e. The fourth-order valence-corrected chi connectivity index (χ4v) is 3.65. The summed E-state index contributed by atoms with van der Waals surface area (Å²) in [6.45, 7) is 5.91. The van der Waals surface area contributed by atoms with E-state index in [1.165, 1.54) is 11.3 Å². The van der Waals surface area contributed by atoms with Crippen molar-refractivity contribution in [1.29, 1.82) is 0 Å². The number of nitrogens with zero attached hydrogens (tertiary/aromatic N) is 1. The number of carbonyl (C=O) groups is 2. The first kappa shape index (κ1) is 17.9.